The van der Waals surface area contributed by atoms with Gasteiger partial charge in [-0.3, -0.25) is 0 Å². The number of furan rings is 1. The minimum atomic E-state index is 0.609. The Balaban J connectivity index is 1.78. The van der Waals surface area contributed by atoms with Crippen LogP contribution in [0.3, 0.4) is 0 Å². The molecular formula is C17H20N2O2. The third-order valence-corrected chi connectivity index (χ3v) is 3.30. The van der Waals surface area contributed by atoms with Crippen LogP contribution in [-0.4, -0.2) is 11.5 Å². The number of aromatic nitrogens is 1. The van der Waals surface area contributed by atoms with Crippen molar-refractivity contribution in [2.45, 2.75) is 27.3 Å². The average Bonchev–Trinajstić information content (AvgIpc) is 3.03. The number of rotatable bonds is 5. The summed E-state index contributed by atoms with van der Waals surface area (Å²) in [5.74, 6) is 2.68. The lowest BCUT2D eigenvalue weighted by molar-refractivity contribution is 0.451. The van der Waals surface area contributed by atoms with Gasteiger partial charge in [0.05, 0.1) is 12.7 Å². The van der Waals surface area contributed by atoms with Crippen molar-refractivity contribution < 1.29 is 8.83 Å². The molecule has 0 unspecified atom stereocenters. The van der Waals surface area contributed by atoms with Gasteiger partial charge in [-0.15, -0.1) is 0 Å². The van der Waals surface area contributed by atoms with Crippen molar-refractivity contribution in [3.05, 3.63) is 41.9 Å². The van der Waals surface area contributed by atoms with E-state index in [4.69, 9.17) is 8.83 Å². The van der Waals surface area contributed by atoms with Crippen molar-refractivity contribution >= 4 is 11.0 Å². The zero-order valence-electron chi connectivity index (χ0n) is 12.6. The summed E-state index contributed by atoms with van der Waals surface area (Å²) in [6.07, 6.45) is 1.72. The summed E-state index contributed by atoms with van der Waals surface area (Å²) in [5, 5.41) is 4.40. The monoisotopic (exact) mass is 284 g/mol. The van der Waals surface area contributed by atoms with Gasteiger partial charge >= 0.3 is 0 Å². The topological polar surface area (TPSA) is 51.2 Å². The second kappa shape index (κ2) is 5.74. The highest BCUT2D eigenvalue weighted by atomic mass is 16.4. The van der Waals surface area contributed by atoms with Crippen LogP contribution in [-0.2, 0) is 6.54 Å². The minimum absolute atomic E-state index is 0.609. The Kier molecular flexibility index (Phi) is 3.80. The van der Waals surface area contributed by atoms with E-state index < -0.39 is 0 Å². The first-order chi connectivity index (χ1) is 10.1. The Morgan fingerprint density at radius 1 is 1.14 bits per heavy atom. The Labute approximate surface area is 124 Å². The summed E-state index contributed by atoms with van der Waals surface area (Å²) in [6, 6.07) is 8.12. The molecule has 4 heteroatoms. The number of nitrogens with zero attached hydrogens (tertiary/aromatic N) is 1. The summed E-state index contributed by atoms with van der Waals surface area (Å²) < 4.78 is 11.6. The van der Waals surface area contributed by atoms with E-state index in [9.17, 15) is 0 Å². The number of oxazole rings is 1. The highest BCUT2D eigenvalue weighted by Gasteiger charge is 2.11. The smallest absolute Gasteiger partial charge is 0.209 e. The summed E-state index contributed by atoms with van der Waals surface area (Å²) in [5.41, 5.74) is 2.08. The SMILES string of the molecule is Cc1ccc2oc(-c3cnc(CNCC(C)C)o3)cc2c1. The van der Waals surface area contributed by atoms with Crippen molar-refractivity contribution in [1.29, 1.82) is 0 Å². The van der Waals surface area contributed by atoms with Gasteiger partial charge in [-0.05, 0) is 37.6 Å². The van der Waals surface area contributed by atoms with E-state index in [0.29, 0.717) is 24.1 Å². The molecule has 4 nitrogen and oxygen atoms in total. The third-order valence-electron chi connectivity index (χ3n) is 3.30. The molecule has 0 aliphatic heterocycles. The molecule has 0 radical (unpaired) electrons. The van der Waals surface area contributed by atoms with Crippen molar-refractivity contribution in [2.75, 3.05) is 6.54 Å². The Bertz CT molecular complexity index is 740. The summed E-state index contributed by atoms with van der Waals surface area (Å²) in [4.78, 5) is 4.29. The molecule has 3 aromatic rings. The first-order valence-corrected chi connectivity index (χ1v) is 7.28. The van der Waals surface area contributed by atoms with Crippen molar-refractivity contribution in [2.24, 2.45) is 5.92 Å². The predicted molar refractivity (Wildman–Crippen MR) is 83.0 cm³/mol. The molecule has 0 saturated carbocycles. The molecule has 0 amide bonds. The van der Waals surface area contributed by atoms with E-state index in [1.165, 1.54) is 5.56 Å². The Morgan fingerprint density at radius 3 is 2.81 bits per heavy atom. The fourth-order valence-electron chi connectivity index (χ4n) is 2.26. The van der Waals surface area contributed by atoms with Crippen molar-refractivity contribution in [3.8, 4) is 11.5 Å². The molecule has 0 atom stereocenters. The molecule has 2 heterocycles. The van der Waals surface area contributed by atoms with Gasteiger partial charge in [-0.2, -0.15) is 0 Å². The summed E-state index contributed by atoms with van der Waals surface area (Å²) >= 11 is 0. The van der Waals surface area contributed by atoms with Crippen LogP contribution in [0.5, 0.6) is 0 Å². The van der Waals surface area contributed by atoms with Gasteiger partial charge in [0.25, 0.3) is 0 Å². The predicted octanol–water partition coefficient (Wildman–Crippen LogP) is 4.14. The number of hydrogen-bond acceptors (Lipinski definition) is 4. The maximum absolute atomic E-state index is 5.81. The Morgan fingerprint density at radius 2 is 2.00 bits per heavy atom. The maximum atomic E-state index is 5.81. The lowest BCUT2D eigenvalue weighted by Crippen LogP contribution is -2.18. The zero-order chi connectivity index (χ0) is 14.8. The quantitative estimate of drug-likeness (QED) is 0.765. The normalized spacial score (nSPS) is 11.6. The first-order valence-electron chi connectivity index (χ1n) is 7.28. The molecule has 2 aromatic heterocycles. The molecule has 110 valence electrons. The van der Waals surface area contributed by atoms with Crippen molar-refractivity contribution in [1.82, 2.24) is 10.3 Å². The lowest BCUT2D eigenvalue weighted by Gasteiger charge is -2.03. The second-order valence-corrected chi connectivity index (χ2v) is 5.79. The van der Waals surface area contributed by atoms with Crippen LogP contribution in [0.2, 0.25) is 0 Å². The highest BCUT2D eigenvalue weighted by molar-refractivity contribution is 5.82. The lowest BCUT2D eigenvalue weighted by atomic mass is 10.2. The summed E-state index contributed by atoms with van der Waals surface area (Å²) in [6.45, 7) is 7.99. The van der Waals surface area contributed by atoms with E-state index in [1.54, 1.807) is 6.20 Å². The fourth-order valence-corrected chi connectivity index (χ4v) is 2.26. The zero-order valence-corrected chi connectivity index (χ0v) is 12.6. The van der Waals surface area contributed by atoms with Gasteiger partial charge in [0, 0.05) is 5.39 Å². The average molecular weight is 284 g/mol. The molecule has 1 aromatic carbocycles. The van der Waals surface area contributed by atoms with Gasteiger partial charge in [-0.25, -0.2) is 4.98 Å². The molecule has 0 aliphatic rings. The van der Waals surface area contributed by atoms with Crippen LogP contribution >= 0.6 is 0 Å². The standard InChI is InChI=1S/C17H20N2O2/c1-11(2)8-18-10-17-19-9-16(21-17)15-7-13-6-12(3)4-5-14(13)20-15/h4-7,9,11,18H,8,10H2,1-3H3. The number of benzene rings is 1. The van der Waals surface area contributed by atoms with Gasteiger partial charge < -0.3 is 14.2 Å². The maximum Gasteiger partial charge on any atom is 0.209 e. The molecule has 21 heavy (non-hydrogen) atoms. The highest BCUT2D eigenvalue weighted by Crippen LogP contribution is 2.28. The molecular weight excluding hydrogens is 264 g/mol. The number of nitrogens with one attached hydrogen (secondary N) is 1. The van der Waals surface area contributed by atoms with E-state index in [2.05, 4.69) is 37.1 Å². The van der Waals surface area contributed by atoms with Crippen LogP contribution in [0.1, 0.15) is 25.3 Å². The van der Waals surface area contributed by atoms with E-state index in [0.717, 1.165) is 23.3 Å². The van der Waals surface area contributed by atoms with Crippen LogP contribution in [0.25, 0.3) is 22.5 Å². The van der Waals surface area contributed by atoms with Crippen LogP contribution in [0, 0.1) is 12.8 Å². The number of aryl methyl sites for hydroxylation is 1. The van der Waals surface area contributed by atoms with Gasteiger partial charge in [-0.1, -0.05) is 25.5 Å². The number of fused-ring (bicyclic) bond motifs is 1. The minimum Gasteiger partial charge on any atom is -0.453 e. The number of hydrogen-bond donors (Lipinski definition) is 1. The van der Waals surface area contributed by atoms with E-state index in [-0.39, 0.29) is 0 Å². The fraction of sp³-hybridized carbons (Fsp3) is 0.353. The van der Waals surface area contributed by atoms with E-state index >= 15 is 0 Å². The van der Waals surface area contributed by atoms with Gasteiger partial charge in [0.15, 0.2) is 11.5 Å². The largest absolute Gasteiger partial charge is 0.453 e. The van der Waals surface area contributed by atoms with Gasteiger partial charge in [0.1, 0.15) is 5.58 Å². The van der Waals surface area contributed by atoms with Crippen molar-refractivity contribution in [3.63, 3.8) is 0 Å². The molecule has 1 N–H and O–H groups in total. The molecule has 0 saturated heterocycles. The molecule has 0 aliphatic carbocycles. The van der Waals surface area contributed by atoms with Gasteiger partial charge in [0.2, 0.25) is 5.89 Å². The second-order valence-electron chi connectivity index (χ2n) is 5.79. The van der Waals surface area contributed by atoms with Crippen LogP contribution in [0.4, 0.5) is 0 Å². The third kappa shape index (κ3) is 3.16. The van der Waals surface area contributed by atoms with Crippen LogP contribution < -0.4 is 5.32 Å². The Hall–Kier alpha value is -2.07. The molecule has 0 spiro atoms. The molecule has 3 rings (SSSR count). The molecule has 0 fully saturated rings. The summed E-state index contributed by atoms with van der Waals surface area (Å²) in [7, 11) is 0. The van der Waals surface area contributed by atoms with E-state index in [1.807, 2.05) is 18.2 Å². The molecule has 0 bridgehead atoms. The first kappa shape index (κ1) is 13.9. The van der Waals surface area contributed by atoms with Crippen LogP contribution in [0.15, 0.2) is 39.3 Å².